The van der Waals surface area contributed by atoms with Crippen molar-refractivity contribution in [3.05, 3.63) is 26.0 Å². The zero-order valence-electron chi connectivity index (χ0n) is 12.1. The van der Waals surface area contributed by atoms with Crippen molar-refractivity contribution in [1.82, 2.24) is 0 Å². The molecule has 0 aliphatic carbocycles. The molecule has 0 saturated heterocycles. The third kappa shape index (κ3) is 74.3. The first kappa shape index (κ1) is 30.7. The van der Waals surface area contributed by atoms with Crippen molar-refractivity contribution >= 4 is 11.9 Å². The van der Waals surface area contributed by atoms with Crippen LogP contribution < -0.4 is 37.7 Å². The van der Waals surface area contributed by atoms with E-state index in [4.69, 9.17) is 10.2 Å². The summed E-state index contributed by atoms with van der Waals surface area (Å²) in [4.78, 5) is 19.1. The molecule has 0 aromatic carbocycles. The molecule has 96 valence electrons. The van der Waals surface area contributed by atoms with Crippen molar-refractivity contribution in [2.75, 3.05) is 0 Å². The van der Waals surface area contributed by atoms with Gasteiger partial charge in [-0.25, -0.2) is 9.59 Å². The summed E-state index contributed by atoms with van der Waals surface area (Å²) >= 11 is 0. The summed E-state index contributed by atoms with van der Waals surface area (Å²) in [5.41, 5.74) is 0. The van der Waals surface area contributed by atoms with Crippen LogP contribution in [-0.2, 0) is 9.59 Å². The van der Waals surface area contributed by atoms with Gasteiger partial charge in [0.15, 0.2) is 0 Å². The van der Waals surface area contributed by atoms with Crippen LogP contribution in [0.1, 0.15) is 39.5 Å². The molecule has 0 unspecified atom stereocenters. The van der Waals surface area contributed by atoms with Crippen LogP contribution in [0.3, 0.4) is 0 Å². The molecule has 2 N–H and O–H groups in total. The fourth-order valence-electron chi connectivity index (χ4n) is 0.143. The Bertz CT molecular complexity index is 171. The predicted molar refractivity (Wildman–Crippen MR) is 64.9 cm³/mol. The molecule has 0 aliphatic heterocycles. The van der Waals surface area contributed by atoms with E-state index in [0.29, 0.717) is 12.2 Å². The van der Waals surface area contributed by atoms with E-state index in [1.807, 2.05) is 0 Å². The maximum atomic E-state index is 9.55. The molecule has 0 aromatic heterocycles. The minimum Gasteiger partial charge on any atom is -0.478 e. The first-order chi connectivity index (χ1) is 7.45. The normalized spacial score (nSPS) is 7.56. The Balaban J connectivity index is -0.0000000489. The quantitative estimate of drug-likeness (QED) is 0.313. The van der Waals surface area contributed by atoms with E-state index in [9.17, 15) is 9.59 Å². The second-order valence-electron chi connectivity index (χ2n) is 2.72. The molecular formula is C12H22Li2O4. The number of aliphatic carboxylic acids is 2. The summed E-state index contributed by atoms with van der Waals surface area (Å²) in [6.07, 6.45) is 5.67. The van der Waals surface area contributed by atoms with Gasteiger partial charge < -0.3 is 24.1 Å². The average Bonchev–Trinajstić information content (AvgIpc) is 2.27. The van der Waals surface area contributed by atoms with Crippen LogP contribution in [0.5, 0.6) is 0 Å². The van der Waals surface area contributed by atoms with E-state index < -0.39 is 11.9 Å². The molecule has 0 heterocycles. The minimum absolute atomic E-state index is 0. The zero-order chi connectivity index (χ0) is 13.4. The Morgan fingerprint density at radius 1 is 0.889 bits per heavy atom. The van der Waals surface area contributed by atoms with Gasteiger partial charge in [-0.2, -0.15) is 12.8 Å². The number of carbonyl (C=O) groups is 2. The first-order valence-electron chi connectivity index (χ1n) is 5.18. The summed E-state index contributed by atoms with van der Waals surface area (Å²) in [7, 11) is 0. The third-order valence-electron chi connectivity index (χ3n) is 1.08. The van der Waals surface area contributed by atoms with Gasteiger partial charge in [0.2, 0.25) is 0 Å². The van der Waals surface area contributed by atoms with Crippen LogP contribution in [0.4, 0.5) is 0 Å². The van der Waals surface area contributed by atoms with Crippen molar-refractivity contribution in [2.24, 2.45) is 0 Å². The predicted octanol–water partition coefficient (Wildman–Crippen LogP) is -3.04. The van der Waals surface area contributed by atoms with E-state index in [2.05, 4.69) is 27.7 Å². The molecule has 0 spiro atoms. The van der Waals surface area contributed by atoms with Crippen LogP contribution in [0.2, 0.25) is 0 Å². The molecule has 4 nitrogen and oxygen atoms in total. The number of unbranched alkanes of at least 4 members (excludes halogenated alkanes) is 2. The summed E-state index contributed by atoms with van der Waals surface area (Å²) in [5.74, 6) is -2.51. The third-order valence-corrected chi connectivity index (χ3v) is 1.08. The molecule has 0 bridgehead atoms. The molecule has 0 radical (unpaired) electrons. The van der Waals surface area contributed by atoms with Gasteiger partial charge in [-0.05, 0) is 0 Å². The largest absolute Gasteiger partial charge is 1.00 e. The molecule has 18 heavy (non-hydrogen) atoms. The summed E-state index contributed by atoms with van der Waals surface area (Å²) in [6, 6.07) is 0. The van der Waals surface area contributed by atoms with Crippen LogP contribution >= 0.6 is 0 Å². The van der Waals surface area contributed by atoms with Gasteiger partial charge in [-0.3, -0.25) is 0 Å². The minimum atomic E-state index is -1.26. The molecular weight excluding hydrogens is 222 g/mol. The van der Waals surface area contributed by atoms with Gasteiger partial charge in [0.25, 0.3) is 0 Å². The summed E-state index contributed by atoms with van der Waals surface area (Å²) < 4.78 is 0. The molecule has 0 aromatic rings. The van der Waals surface area contributed by atoms with E-state index in [-0.39, 0.29) is 37.7 Å². The summed E-state index contributed by atoms with van der Waals surface area (Å²) in [5, 5.41) is 15.6. The number of hydrogen-bond donors (Lipinski definition) is 2. The van der Waals surface area contributed by atoms with Crippen molar-refractivity contribution in [3.63, 3.8) is 0 Å². The second kappa shape index (κ2) is 30.2. The Kier molecular flexibility index (Phi) is 51.4. The van der Waals surface area contributed by atoms with E-state index >= 15 is 0 Å². The molecule has 0 atom stereocenters. The van der Waals surface area contributed by atoms with Crippen LogP contribution in [0.25, 0.3) is 0 Å². The van der Waals surface area contributed by atoms with Crippen molar-refractivity contribution in [1.29, 1.82) is 0 Å². The van der Waals surface area contributed by atoms with Gasteiger partial charge in [-0.15, -0.1) is 0 Å². The van der Waals surface area contributed by atoms with Crippen molar-refractivity contribution in [2.45, 2.75) is 39.5 Å². The van der Waals surface area contributed by atoms with Gasteiger partial charge in [0, 0.05) is 12.2 Å². The van der Waals surface area contributed by atoms with Gasteiger partial charge in [0.05, 0.1) is 0 Å². The summed E-state index contributed by atoms with van der Waals surface area (Å²) in [6.45, 7) is 11.4. The van der Waals surface area contributed by atoms with Gasteiger partial charge in [0.1, 0.15) is 0 Å². The molecule has 0 aliphatic rings. The average molecular weight is 244 g/mol. The maximum absolute atomic E-state index is 9.55. The van der Waals surface area contributed by atoms with Crippen LogP contribution in [-0.4, -0.2) is 22.2 Å². The maximum Gasteiger partial charge on any atom is 1.00 e. The molecule has 6 heteroatoms. The topological polar surface area (TPSA) is 74.6 Å². The Morgan fingerprint density at radius 2 is 1.06 bits per heavy atom. The molecule has 0 amide bonds. The van der Waals surface area contributed by atoms with Gasteiger partial charge in [-0.1, -0.05) is 26.7 Å². The van der Waals surface area contributed by atoms with Crippen molar-refractivity contribution < 1.29 is 57.5 Å². The van der Waals surface area contributed by atoms with Gasteiger partial charge >= 0.3 is 49.7 Å². The van der Waals surface area contributed by atoms with E-state index in [1.165, 1.54) is 12.8 Å². The van der Waals surface area contributed by atoms with Crippen LogP contribution in [0.15, 0.2) is 12.2 Å². The Hall–Kier alpha value is -0.125. The SMILES string of the molecule is O=C(O)/C=C/C(=O)O.[CH2-]CCC.[CH2-]CCC.[Li+].[Li+]. The molecule has 0 fully saturated rings. The molecule has 0 rings (SSSR count). The second-order valence-corrected chi connectivity index (χ2v) is 2.72. The number of rotatable bonds is 4. The Labute approximate surface area is 135 Å². The van der Waals surface area contributed by atoms with E-state index in [1.54, 1.807) is 0 Å². The van der Waals surface area contributed by atoms with Crippen LogP contribution in [0, 0.1) is 13.8 Å². The molecule has 0 saturated carbocycles. The fraction of sp³-hybridized carbons (Fsp3) is 0.500. The number of carboxylic acids is 2. The monoisotopic (exact) mass is 244 g/mol. The number of hydrogen-bond acceptors (Lipinski definition) is 2. The zero-order valence-corrected chi connectivity index (χ0v) is 12.1. The number of carboxylic acid groups (broad SMARTS) is 2. The smallest absolute Gasteiger partial charge is 0.478 e. The fourth-order valence-corrected chi connectivity index (χ4v) is 0.143. The first-order valence-corrected chi connectivity index (χ1v) is 5.18. The van der Waals surface area contributed by atoms with Crippen molar-refractivity contribution in [3.8, 4) is 0 Å². The van der Waals surface area contributed by atoms with E-state index in [0.717, 1.165) is 12.8 Å². The Morgan fingerprint density at radius 3 is 1.11 bits per heavy atom. The standard InChI is InChI=1S/C4H4O4.2C4H9.2Li/c5-3(6)1-2-4(7)8;2*1-3-4-2;;/h1-2H,(H,5,6)(H,7,8);2*1,3-4H2,2H3;;/q;2*-1;2*+1/b2-1+;;;;.